The highest BCUT2D eigenvalue weighted by Gasteiger charge is 2.67. The van der Waals surface area contributed by atoms with Crippen molar-refractivity contribution in [1.82, 2.24) is 0 Å². The summed E-state index contributed by atoms with van der Waals surface area (Å²) in [6, 6.07) is 9.28. The van der Waals surface area contributed by atoms with E-state index in [1.165, 1.54) is 18.2 Å². The first-order chi connectivity index (χ1) is 14.9. The fourth-order valence-corrected chi connectivity index (χ4v) is 5.75. The molecular formula is C22H16Cl5F2NO2. The van der Waals surface area contributed by atoms with Gasteiger partial charge in [0.15, 0.2) is 5.78 Å². The van der Waals surface area contributed by atoms with Crippen LogP contribution in [0.15, 0.2) is 36.4 Å². The van der Waals surface area contributed by atoms with Gasteiger partial charge >= 0.3 is 0 Å². The van der Waals surface area contributed by atoms with Crippen LogP contribution in [0.1, 0.15) is 41.1 Å². The number of Topliss-reactive ketones (excluding diaryl/α,β-unsaturated/α-hetero) is 1. The van der Waals surface area contributed by atoms with Crippen LogP contribution >= 0.6 is 58.0 Å². The van der Waals surface area contributed by atoms with Crippen molar-refractivity contribution in [3.8, 4) is 0 Å². The van der Waals surface area contributed by atoms with Crippen molar-refractivity contribution >= 4 is 75.4 Å². The lowest BCUT2D eigenvalue weighted by molar-refractivity contribution is -0.117. The Morgan fingerprint density at radius 2 is 1.62 bits per heavy atom. The van der Waals surface area contributed by atoms with Crippen molar-refractivity contribution in [3.05, 3.63) is 62.6 Å². The third kappa shape index (κ3) is 4.88. The molecule has 32 heavy (non-hydrogen) atoms. The minimum Gasteiger partial charge on any atom is -0.326 e. The number of alkyl halides is 4. The van der Waals surface area contributed by atoms with Gasteiger partial charge in [0.05, 0.1) is 10.9 Å². The average molecular weight is 542 g/mol. The van der Waals surface area contributed by atoms with Gasteiger partial charge in [0.1, 0.15) is 4.33 Å². The summed E-state index contributed by atoms with van der Waals surface area (Å²) < 4.78 is 24.8. The first-order valence-corrected chi connectivity index (χ1v) is 11.6. The van der Waals surface area contributed by atoms with Crippen LogP contribution in [0.4, 0.5) is 14.5 Å². The normalized spacial score (nSPS) is 23.3. The number of hydrogen-bond donors (Lipinski definition) is 1. The molecule has 2 fully saturated rings. The topological polar surface area (TPSA) is 46.2 Å². The van der Waals surface area contributed by atoms with E-state index in [0.29, 0.717) is 21.3 Å². The monoisotopic (exact) mass is 539 g/mol. The fraction of sp³-hybridized carbons (Fsp3) is 0.364. The van der Waals surface area contributed by atoms with Crippen LogP contribution in [0, 0.1) is 11.8 Å². The van der Waals surface area contributed by atoms with Gasteiger partial charge in [-0.05, 0) is 47.9 Å². The van der Waals surface area contributed by atoms with Crippen LogP contribution in [0.5, 0.6) is 0 Å². The van der Waals surface area contributed by atoms with Gasteiger partial charge < -0.3 is 5.32 Å². The molecule has 1 N–H and O–H groups in total. The maximum Gasteiger partial charge on any atom is 0.248 e. The standard InChI is InChI=1S/C22H16Cl5F2NO2/c23-12-4-11(5-13(24)6-12)18-19(22(18,26)27)20(32)30-14-1-2-16(25)15(7-14)17(31)3-10-8-21(28,29)9-10/h1-2,4-7,10,18-19H,3,8-9H2,(H,30,32)/t18-,19+/m0/s1. The van der Waals surface area contributed by atoms with Crippen molar-refractivity contribution in [1.29, 1.82) is 0 Å². The van der Waals surface area contributed by atoms with Gasteiger partial charge in [0.25, 0.3) is 0 Å². The fourth-order valence-electron chi connectivity index (χ4n) is 4.16. The van der Waals surface area contributed by atoms with Crippen molar-refractivity contribution in [2.45, 2.75) is 35.4 Å². The molecule has 0 aliphatic heterocycles. The summed E-state index contributed by atoms with van der Waals surface area (Å²) in [7, 11) is 0. The molecule has 0 unspecified atom stereocenters. The van der Waals surface area contributed by atoms with Gasteiger partial charge in [-0.15, -0.1) is 23.2 Å². The van der Waals surface area contributed by atoms with Crippen LogP contribution < -0.4 is 5.32 Å². The van der Waals surface area contributed by atoms with Crippen LogP contribution in [0.25, 0.3) is 0 Å². The molecule has 2 atom stereocenters. The lowest BCUT2D eigenvalue weighted by Gasteiger charge is -2.34. The molecule has 2 aromatic carbocycles. The Kier molecular flexibility index (Phi) is 6.45. The number of benzene rings is 2. The van der Waals surface area contributed by atoms with Crippen LogP contribution in [0.2, 0.25) is 15.1 Å². The largest absolute Gasteiger partial charge is 0.326 e. The van der Waals surface area contributed by atoms with E-state index in [4.69, 9.17) is 58.0 Å². The summed E-state index contributed by atoms with van der Waals surface area (Å²) in [6.45, 7) is 0. The number of amides is 1. The maximum atomic E-state index is 13.0. The van der Waals surface area contributed by atoms with E-state index in [0.717, 1.165) is 0 Å². The average Bonchev–Trinajstić information content (AvgIpc) is 3.23. The van der Waals surface area contributed by atoms with Crippen molar-refractivity contribution < 1.29 is 18.4 Å². The summed E-state index contributed by atoms with van der Waals surface area (Å²) in [5.41, 5.74) is 1.12. The lowest BCUT2D eigenvalue weighted by Crippen LogP contribution is -2.36. The number of carbonyl (C=O) groups is 2. The van der Waals surface area contributed by atoms with E-state index < -0.39 is 28.0 Å². The van der Waals surface area contributed by atoms with Gasteiger partial charge in [-0.25, -0.2) is 8.78 Å². The van der Waals surface area contributed by atoms with Crippen LogP contribution in [0.3, 0.4) is 0 Å². The molecule has 10 heteroatoms. The summed E-state index contributed by atoms with van der Waals surface area (Å²) in [4.78, 5) is 25.4. The van der Waals surface area contributed by atoms with Gasteiger partial charge in [0, 0.05) is 46.5 Å². The molecule has 1 amide bonds. The van der Waals surface area contributed by atoms with Crippen molar-refractivity contribution in [2.75, 3.05) is 5.32 Å². The Balaban J connectivity index is 1.46. The van der Waals surface area contributed by atoms with Gasteiger partial charge in [0.2, 0.25) is 11.8 Å². The molecule has 0 radical (unpaired) electrons. The smallest absolute Gasteiger partial charge is 0.248 e. The molecule has 4 rings (SSSR count). The van der Waals surface area contributed by atoms with Crippen molar-refractivity contribution in [2.24, 2.45) is 11.8 Å². The maximum absolute atomic E-state index is 13.0. The predicted molar refractivity (Wildman–Crippen MR) is 124 cm³/mol. The van der Waals surface area contributed by atoms with Gasteiger partial charge in [-0.1, -0.05) is 34.8 Å². The molecule has 2 aliphatic carbocycles. The van der Waals surface area contributed by atoms with E-state index in [-0.39, 0.29) is 41.5 Å². The molecule has 0 aromatic heterocycles. The zero-order valence-corrected chi connectivity index (χ0v) is 20.1. The Morgan fingerprint density at radius 3 is 2.22 bits per heavy atom. The van der Waals surface area contributed by atoms with Gasteiger partial charge in [-0.2, -0.15) is 0 Å². The zero-order valence-electron chi connectivity index (χ0n) is 16.3. The predicted octanol–water partition coefficient (Wildman–Crippen LogP) is 7.79. The summed E-state index contributed by atoms with van der Waals surface area (Å²) in [5.74, 6) is -5.17. The third-order valence-corrected chi connectivity index (χ3v) is 7.47. The van der Waals surface area contributed by atoms with Crippen molar-refractivity contribution in [3.63, 3.8) is 0 Å². The quantitative estimate of drug-likeness (QED) is 0.300. The van der Waals surface area contributed by atoms with Crippen LogP contribution in [-0.4, -0.2) is 21.9 Å². The summed E-state index contributed by atoms with van der Waals surface area (Å²) >= 11 is 30.9. The molecule has 170 valence electrons. The number of anilines is 1. The van der Waals surface area contributed by atoms with E-state index >= 15 is 0 Å². The number of rotatable bonds is 6. The van der Waals surface area contributed by atoms with E-state index in [2.05, 4.69) is 5.32 Å². The minimum absolute atomic E-state index is 0.0284. The molecule has 2 saturated carbocycles. The first-order valence-electron chi connectivity index (χ1n) is 9.72. The van der Waals surface area contributed by atoms with Crippen LogP contribution in [-0.2, 0) is 4.79 Å². The second-order valence-corrected chi connectivity index (χ2v) is 11.0. The highest BCUT2D eigenvalue weighted by molar-refractivity contribution is 6.53. The number of nitrogens with one attached hydrogen (secondary N) is 1. The minimum atomic E-state index is -2.70. The molecule has 0 bridgehead atoms. The lowest BCUT2D eigenvalue weighted by atomic mass is 9.77. The SMILES string of the molecule is O=C(CC1CC(F)(F)C1)c1cc(NC(=O)[C@H]2[C@H](c3cc(Cl)cc(Cl)c3)C2(Cl)Cl)ccc1Cl. The molecule has 0 saturated heterocycles. The number of halogens is 7. The van der Waals surface area contributed by atoms with E-state index in [1.807, 2.05) is 0 Å². The Hall–Kier alpha value is -1.11. The molecule has 0 spiro atoms. The number of carbonyl (C=O) groups excluding carboxylic acids is 2. The highest BCUT2D eigenvalue weighted by atomic mass is 35.5. The third-order valence-electron chi connectivity index (χ3n) is 5.76. The van der Waals surface area contributed by atoms with E-state index in [1.54, 1.807) is 18.2 Å². The Labute approximate surface area is 208 Å². The summed E-state index contributed by atoms with van der Waals surface area (Å²) in [6.07, 6.45) is -0.646. The van der Waals surface area contributed by atoms with Gasteiger partial charge in [-0.3, -0.25) is 9.59 Å². The summed E-state index contributed by atoms with van der Waals surface area (Å²) in [5, 5.41) is 3.67. The highest BCUT2D eigenvalue weighted by Crippen LogP contribution is 2.65. The first kappa shape index (κ1) is 24.0. The Bertz CT molecular complexity index is 1080. The molecule has 2 aromatic rings. The second-order valence-electron chi connectivity index (χ2n) is 8.27. The van der Waals surface area contributed by atoms with E-state index in [9.17, 15) is 18.4 Å². The molecule has 0 heterocycles. The Morgan fingerprint density at radius 1 is 1.00 bits per heavy atom. The second kappa shape index (κ2) is 8.59. The number of ketones is 1. The number of hydrogen-bond acceptors (Lipinski definition) is 2. The molecular weight excluding hydrogens is 526 g/mol. The molecule has 2 aliphatic rings. The zero-order chi connectivity index (χ0) is 23.4. The molecule has 3 nitrogen and oxygen atoms in total.